The van der Waals surface area contributed by atoms with Crippen LogP contribution in [0.1, 0.15) is 110 Å². The lowest BCUT2D eigenvalue weighted by molar-refractivity contribution is -0.138. The van der Waals surface area contributed by atoms with Crippen molar-refractivity contribution < 1.29 is 37.9 Å². The van der Waals surface area contributed by atoms with Crippen LogP contribution in [0.4, 0.5) is 0 Å². The summed E-state index contributed by atoms with van der Waals surface area (Å²) in [5, 5.41) is 3.78. The lowest BCUT2D eigenvalue weighted by atomic mass is 9.96. The van der Waals surface area contributed by atoms with Crippen LogP contribution in [0, 0.1) is 10.8 Å². The molecule has 0 aromatic heterocycles. The number of ether oxygens (including phenoxy) is 8. The van der Waals surface area contributed by atoms with Crippen molar-refractivity contribution in [2.24, 2.45) is 10.8 Å². The van der Waals surface area contributed by atoms with Crippen LogP contribution in [-0.4, -0.2) is 152 Å². The van der Waals surface area contributed by atoms with Crippen LogP contribution >= 0.6 is 0 Å². The summed E-state index contributed by atoms with van der Waals surface area (Å²) >= 11 is 0. The van der Waals surface area contributed by atoms with Crippen LogP contribution in [0.2, 0.25) is 0 Å². The van der Waals surface area contributed by atoms with Crippen LogP contribution in [0.5, 0.6) is 0 Å². The molecule has 308 valence electrons. The van der Waals surface area contributed by atoms with E-state index >= 15 is 0 Å². The molecule has 0 fully saturated rings. The maximum absolute atomic E-state index is 6.13. The molecule has 0 heterocycles. The van der Waals surface area contributed by atoms with Crippen molar-refractivity contribution in [2.45, 2.75) is 127 Å². The molecule has 0 saturated heterocycles. The van der Waals surface area contributed by atoms with E-state index in [0.717, 1.165) is 45.8 Å². The van der Waals surface area contributed by atoms with Crippen molar-refractivity contribution in [1.82, 2.24) is 15.1 Å². The van der Waals surface area contributed by atoms with Gasteiger partial charge in [-0.2, -0.15) is 0 Å². The Morgan fingerprint density at radius 3 is 1.27 bits per heavy atom. The Balaban J connectivity index is 5.15. The molecule has 0 aliphatic rings. The van der Waals surface area contributed by atoms with Gasteiger partial charge in [0.05, 0.1) is 104 Å². The largest absolute Gasteiger partial charge is 0.381 e. The van der Waals surface area contributed by atoms with E-state index in [1.54, 1.807) is 0 Å². The zero-order valence-electron chi connectivity index (χ0n) is 36.0. The summed E-state index contributed by atoms with van der Waals surface area (Å²) in [7, 11) is 0. The van der Waals surface area contributed by atoms with E-state index < -0.39 is 0 Å². The summed E-state index contributed by atoms with van der Waals surface area (Å²) < 4.78 is 45.9. The molecule has 0 bridgehead atoms. The van der Waals surface area contributed by atoms with Crippen LogP contribution in [0.3, 0.4) is 0 Å². The molecule has 51 heavy (non-hydrogen) atoms. The molecule has 0 radical (unpaired) electrons. The average Bonchev–Trinajstić information content (AvgIpc) is 2.99. The van der Waals surface area contributed by atoms with E-state index in [9.17, 15) is 0 Å². The highest BCUT2D eigenvalue weighted by molar-refractivity contribution is 4.95. The molecule has 0 aromatic carbocycles. The molecule has 0 aromatic rings. The zero-order chi connectivity index (χ0) is 38.9. The summed E-state index contributed by atoms with van der Waals surface area (Å²) in [6.07, 6.45) is 2.10. The van der Waals surface area contributed by atoms with Crippen molar-refractivity contribution in [1.29, 1.82) is 0 Å². The van der Waals surface area contributed by atoms with Crippen molar-refractivity contribution in [3.05, 3.63) is 0 Å². The molecule has 0 aliphatic heterocycles. The van der Waals surface area contributed by atoms with Crippen molar-refractivity contribution in [3.8, 4) is 0 Å². The zero-order valence-corrected chi connectivity index (χ0v) is 36.0. The number of hydrogen-bond donors (Lipinski definition) is 1. The fourth-order valence-electron chi connectivity index (χ4n) is 5.97. The molecule has 0 atom stereocenters. The third kappa shape index (κ3) is 27.7. The first kappa shape index (κ1) is 50.6. The summed E-state index contributed by atoms with van der Waals surface area (Å²) in [5.74, 6) is 0. The second kappa shape index (κ2) is 27.2. The molecule has 1 N–H and O–H groups in total. The van der Waals surface area contributed by atoms with Gasteiger partial charge in [0.15, 0.2) is 0 Å². The van der Waals surface area contributed by atoms with Gasteiger partial charge in [-0.05, 0) is 79.1 Å². The van der Waals surface area contributed by atoms with Crippen molar-refractivity contribution >= 4 is 0 Å². The minimum absolute atomic E-state index is 0.0503. The molecule has 0 saturated carbocycles. The molecule has 0 amide bonds. The minimum atomic E-state index is -0.342. The second-order valence-corrected chi connectivity index (χ2v) is 17.6. The summed E-state index contributed by atoms with van der Waals surface area (Å²) in [4.78, 5) is 5.17. The van der Waals surface area contributed by atoms with Gasteiger partial charge in [0.2, 0.25) is 0 Å². The molecule has 0 rings (SSSR count). The molecule has 11 nitrogen and oxygen atoms in total. The van der Waals surface area contributed by atoms with E-state index in [-0.39, 0.29) is 27.7 Å². The Morgan fingerprint density at radius 1 is 0.412 bits per heavy atom. The number of unbranched alkanes of at least 4 members (excludes halogenated alkanes) is 1. The van der Waals surface area contributed by atoms with Gasteiger partial charge in [0, 0.05) is 38.4 Å². The monoisotopic (exact) mass is 736 g/mol. The summed E-state index contributed by atoms with van der Waals surface area (Å²) in [5.41, 5.74) is -0.330. The number of nitrogens with one attached hydrogen (secondary N) is 1. The minimum Gasteiger partial charge on any atom is -0.381 e. The van der Waals surface area contributed by atoms with Gasteiger partial charge in [-0.15, -0.1) is 0 Å². The highest BCUT2D eigenvalue weighted by Crippen LogP contribution is 2.33. The Hall–Kier alpha value is -0.440. The fraction of sp³-hybridized carbons (Fsp3) is 1.00. The maximum atomic E-state index is 6.13. The van der Waals surface area contributed by atoms with Crippen LogP contribution in [0.25, 0.3) is 0 Å². The highest BCUT2D eigenvalue weighted by atomic mass is 16.6. The van der Waals surface area contributed by atoms with Crippen LogP contribution in [-0.2, 0) is 37.9 Å². The first-order valence-electron chi connectivity index (χ1n) is 19.7. The van der Waals surface area contributed by atoms with Gasteiger partial charge in [-0.3, -0.25) is 15.1 Å². The normalized spacial score (nSPS) is 13.6. The molecular formula is C40H85N3O8. The topological polar surface area (TPSA) is 92.4 Å². The van der Waals surface area contributed by atoms with E-state index in [4.69, 9.17) is 37.9 Å². The summed E-state index contributed by atoms with van der Waals surface area (Å²) in [6, 6.07) is 0. The average molecular weight is 736 g/mol. The summed E-state index contributed by atoms with van der Waals surface area (Å²) in [6.45, 7) is 43.6. The molecule has 0 aliphatic carbocycles. The van der Waals surface area contributed by atoms with Crippen LogP contribution < -0.4 is 5.32 Å². The third-order valence-electron chi connectivity index (χ3n) is 8.12. The third-order valence-corrected chi connectivity index (χ3v) is 8.12. The lowest BCUT2D eigenvalue weighted by Crippen LogP contribution is -2.71. The Morgan fingerprint density at radius 2 is 0.824 bits per heavy atom. The Kier molecular flexibility index (Phi) is 27.0. The first-order valence-corrected chi connectivity index (χ1v) is 19.7. The predicted octanol–water partition coefficient (Wildman–Crippen LogP) is 6.48. The molecular weight excluding hydrogens is 650 g/mol. The van der Waals surface area contributed by atoms with Gasteiger partial charge < -0.3 is 37.9 Å². The molecule has 11 heteroatoms. The SMILES string of the molecule is CCOCCOCCOCCOCCNC(C)(C)N(CCOCCOCCOCC(C)(C)C)C(C)(C)N(CCCCOCC(C)(C)C)C(C)(C)C. The van der Waals surface area contributed by atoms with Crippen LogP contribution in [0.15, 0.2) is 0 Å². The first-order chi connectivity index (χ1) is 23.7. The molecule has 0 spiro atoms. The number of nitrogens with zero attached hydrogens (tertiary/aromatic N) is 2. The van der Waals surface area contributed by atoms with E-state index in [1.165, 1.54) is 0 Å². The maximum Gasteiger partial charge on any atom is 0.0701 e. The van der Waals surface area contributed by atoms with E-state index in [2.05, 4.69) is 105 Å². The number of hydrogen-bond acceptors (Lipinski definition) is 11. The van der Waals surface area contributed by atoms with Crippen molar-refractivity contribution in [2.75, 3.05) is 125 Å². The smallest absolute Gasteiger partial charge is 0.0701 e. The standard InChI is InChI=1S/C40H85N3O8/c1-15-44-24-25-47-30-31-48-28-26-45-22-18-41-39(11,12)43(20-23-46-27-29-49-32-33-51-35-37(5,6)7)40(13,14)42(38(8,9)10)19-16-17-21-50-34-36(2,3)4/h41H,15-35H2,1-14H3. The predicted molar refractivity (Wildman–Crippen MR) is 210 cm³/mol. The lowest BCUT2D eigenvalue weighted by Gasteiger charge is -2.57. The van der Waals surface area contributed by atoms with Gasteiger partial charge in [0.1, 0.15) is 0 Å². The Bertz CT molecular complexity index is 809. The highest BCUT2D eigenvalue weighted by Gasteiger charge is 2.44. The van der Waals surface area contributed by atoms with Crippen molar-refractivity contribution in [3.63, 3.8) is 0 Å². The molecule has 0 unspecified atom stereocenters. The second-order valence-electron chi connectivity index (χ2n) is 17.6. The number of rotatable bonds is 33. The van der Waals surface area contributed by atoms with E-state index in [0.29, 0.717) is 92.4 Å². The van der Waals surface area contributed by atoms with Gasteiger partial charge >= 0.3 is 0 Å². The fourth-order valence-corrected chi connectivity index (χ4v) is 5.97. The Labute approximate surface area is 315 Å². The van der Waals surface area contributed by atoms with Gasteiger partial charge in [0.25, 0.3) is 0 Å². The quantitative estimate of drug-likeness (QED) is 0.0594. The van der Waals surface area contributed by atoms with E-state index in [1.807, 2.05) is 6.92 Å². The van der Waals surface area contributed by atoms with Gasteiger partial charge in [-0.1, -0.05) is 41.5 Å². The van der Waals surface area contributed by atoms with Gasteiger partial charge in [-0.25, -0.2) is 0 Å².